The first-order chi connectivity index (χ1) is 6.01. The highest BCUT2D eigenvalue weighted by atomic mass is 19.1. The van der Waals surface area contributed by atoms with Crippen molar-refractivity contribution in [3.63, 3.8) is 0 Å². The molecule has 13 heavy (non-hydrogen) atoms. The van der Waals surface area contributed by atoms with Gasteiger partial charge in [0.2, 0.25) is 0 Å². The van der Waals surface area contributed by atoms with E-state index in [0.29, 0.717) is 6.54 Å². The molecule has 0 saturated carbocycles. The Morgan fingerprint density at radius 1 is 1.31 bits per heavy atom. The van der Waals surface area contributed by atoms with Crippen molar-refractivity contribution in [2.45, 2.75) is 45.7 Å². The van der Waals surface area contributed by atoms with Crippen LogP contribution in [0.1, 0.15) is 40.0 Å². The Hall–Kier alpha value is -0.110. The lowest BCUT2D eigenvalue weighted by Crippen LogP contribution is -2.40. The minimum absolute atomic E-state index is 0.601. The summed E-state index contributed by atoms with van der Waals surface area (Å²) in [6, 6.07) is 0. The molecule has 1 aliphatic heterocycles. The summed E-state index contributed by atoms with van der Waals surface area (Å²) in [4.78, 5) is 2.26. The number of nitrogens with zero attached hydrogens (tertiary/aromatic N) is 1. The van der Waals surface area contributed by atoms with Crippen LogP contribution in [0.2, 0.25) is 0 Å². The van der Waals surface area contributed by atoms with Gasteiger partial charge >= 0.3 is 0 Å². The van der Waals surface area contributed by atoms with Gasteiger partial charge in [0.05, 0.1) is 0 Å². The molecule has 1 heterocycles. The van der Waals surface area contributed by atoms with E-state index in [9.17, 15) is 4.39 Å². The summed E-state index contributed by atoms with van der Waals surface area (Å²) >= 11 is 0. The molecule has 0 aromatic rings. The molecule has 1 nitrogen and oxygen atoms in total. The van der Waals surface area contributed by atoms with E-state index in [0.717, 1.165) is 19.0 Å². The van der Waals surface area contributed by atoms with Gasteiger partial charge in [-0.25, -0.2) is 4.39 Å². The van der Waals surface area contributed by atoms with Crippen molar-refractivity contribution in [3.8, 4) is 0 Å². The quantitative estimate of drug-likeness (QED) is 0.656. The molecule has 0 atom stereocenters. The third-order valence-corrected chi connectivity index (χ3v) is 2.88. The van der Waals surface area contributed by atoms with E-state index < -0.39 is 5.67 Å². The first-order valence-electron chi connectivity index (χ1n) is 5.42. The third kappa shape index (κ3) is 4.08. The van der Waals surface area contributed by atoms with Crippen molar-refractivity contribution in [1.82, 2.24) is 4.90 Å². The van der Waals surface area contributed by atoms with E-state index in [1.165, 1.54) is 19.3 Å². The van der Waals surface area contributed by atoms with E-state index in [2.05, 4.69) is 11.8 Å². The molecule has 0 bridgehead atoms. The fourth-order valence-electron chi connectivity index (χ4n) is 2.08. The zero-order valence-corrected chi connectivity index (χ0v) is 9.15. The van der Waals surface area contributed by atoms with Crippen LogP contribution < -0.4 is 0 Å². The van der Waals surface area contributed by atoms with Crippen LogP contribution in [0.15, 0.2) is 0 Å². The number of hydrogen-bond acceptors (Lipinski definition) is 1. The molecule has 1 saturated heterocycles. The molecule has 0 aromatic heterocycles. The molecule has 0 radical (unpaired) electrons. The van der Waals surface area contributed by atoms with Crippen molar-refractivity contribution in [3.05, 3.63) is 0 Å². The minimum atomic E-state index is -1.03. The summed E-state index contributed by atoms with van der Waals surface area (Å²) < 4.78 is 13.3. The van der Waals surface area contributed by atoms with Gasteiger partial charge in [-0.1, -0.05) is 13.3 Å². The van der Waals surface area contributed by atoms with Gasteiger partial charge in [-0.2, -0.15) is 0 Å². The second-order valence-electron chi connectivity index (χ2n) is 4.85. The molecule has 2 heteroatoms. The summed E-state index contributed by atoms with van der Waals surface area (Å²) in [5.74, 6) is 0.888. The SMILES string of the molecule is CCC1CCN(CC(C)(C)F)CC1. The first-order valence-corrected chi connectivity index (χ1v) is 5.42. The van der Waals surface area contributed by atoms with Gasteiger partial charge in [-0.3, -0.25) is 0 Å². The highest BCUT2D eigenvalue weighted by molar-refractivity contribution is 4.77. The second kappa shape index (κ2) is 4.41. The third-order valence-electron chi connectivity index (χ3n) is 2.88. The maximum absolute atomic E-state index is 13.3. The zero-order chi connectivity index (χ0) is 9.90. The Kier molecular flexibility index (Phi) is 3.72. The fourth-order valence-corrected chi connectivity index (χ4v) is 2.08. The van der Waals surface area contributed by atoms with Crippen LogP contribution in [0.5, 0.6) is 0 Å². The number of alkyl halides is 1. The van der Waals surface area contributed by atoms with Gasteiger partial charge < -0.3 is 4.90 Å². The molecule has 1 aliphatic rings. The standard InChI is InChI=1S/C11H22FN/c1-4-10-5-7-13(8-6-10)9-11(2,3)12/h10H,4-9H2,1-3H3. The molecule has 0 aromatic carbocycles. The van der Waals surface area contributed by atoms with Crippen molar-refractivity contribution in [1.29, 1.82) is 0 Å². The highest BCUT2D eigenvalue weighted by Gasteiger charge is 2.24. The monoisotopic (exact) mass is 187 g/mol. The number of likely N-dealkylation sites (tertiary alicyclic amines) is 1. The van der Waals surface area contributed by atoms with Gasteiger partial charge in [-0.05, 0) is 45.7 Å². The van der Waals surface area contributed by atoms with Crippen LogP contribution in [0.25, 0.3) is 0 Å². The normalized spacial score (nSPS) is 22.2. The Morgan fingerprint density at radius 3 is 2.23 bits per heavy atom. The average Bonchev–Trinajstić information content (AvgIpc) is 2.03. The van der Waals surface area contributed by atoms with Crippen LogP contribution in [0.3, 0.4) is 0 Å². The van der Waals surface area contributed by atoms with E-state index in [-0.39, 0.29) is 0 Å². The van der Waals surface area contributed by atoms with Crippen LogP contribution in [0.4, 0.5) is 4.39 Å². The molecule has 1 fully saturated rings. The number of rotatable bonds is 3. The molecular weight excluding hydrogens is 165 g/mol. The topological polar surface area (TPSA) is 3.24 Å². The van der Waals surface area contributed by atoms with E-state index in [4.69, 9.17) is 0 Å². The predicted molar refractivity (Wildman–Crippen MR) is 54.6 cm³/mol. The van der Waals surface area contributed by atoms with Crippen molar-refractivity contribution < 1.29 is 4.39 Å². The summed E-state index contributed by atoms with van der Waals surface area (Å²) in [5.41, 5.74) is -1.03. The Balaban J connectivity index is 2.25. The summed E-state index contributed by atoms with van der Waals surface area (Å²) in [6.07, 6.45) is 3.80. The van der Waals surface area contributed by atoms with Crippen LogP contribution in [-0.4, -0.2) is 30.2 Å². The lowest BCUT2D eigenvalue weighted by atomic mass is 9.94. The average molecular weight is 187 g/mol. The maximum atomic E-state index is 13.3. The lowest BCUT2D eigenvalue weighted by Gasteiger charge is -2.34. The summed E-state index contributed by atoms with van der Waals surface area (Å²) in [5, 5.41) is 0. The molecule has 0 unspecified atom stereocenters. The predicted octanol–water partition coefficient (Wildman–Crippen LogP) is 2.86. The molecular formula is C11H22FN. The molecule has 0 aliphatic carbocycles. The molecule has 1 rings (SSSR count). The number of hydrogen-bond donors (Lipinski definition) is 0. The minimum Gasteiger partial charge on any atom is -0.300 e. The van der Waals surface area contributed by atoms with E-state index >= 15 is 0 Å². The van der Waals surface area contributed by atoms with Gasteiger partial charge in [0, 0.05) is 6.54 Å². The maximum Gasteiger partial charge on any atom is 0.118 e. The molecule has 78 valence electrons. The second-order valence-corrected chi connectivity index (χ2v) is 4.85. The van der Waals surface area contributed by atoms with Crippen molar-refractivity contribution >= 4 is 0 Å². The van der Waals surface area contributed by atoms with Gasteiger partial charge in [0.25, 0.3) is 0 Å². The van der Waals surface area contributed by atoms with Crippen LogP contribution in [-0.2, 0) is 0 Å². The zero-order valence-electron chi connectivity index (χ0n) is 9.15. The fraction of sp³-hybridized carbons (Fsp3) is 1.00. The van der Waals surface area contributed by atoms with E-state index in [1.807, 2.05) is 0 Å². The Labute approximate surface area is 81.3 Å². The number of halogens is 1. The molecule has 0 spiro atoms. The largest absolute Gasteiger partial charge is 0.300 e. The van der Waals surface area contributed by atoms with Gasteiger partial charge in [0.1, 0.15) is 5.67 Å². The van der Waals surface area contributed by atoms with Crippen LogP contribution in [0, 0.1) is 5.92 Å². The van der Waals surface area contributed by atoms with Gasteiger partial charge in [-0.15, -0.1) is 0 Å². The summed E-state index contributed by atoms with van der Waals surface area (Å²) in [6.45, 7) is 8.36. The smallest absolute Gasteiger partial charge is 0.118 e. The van der Waals surface area contributed by atoms with Gasteiger partial charge in [0.15, 0.2) is 0 Å². The van der Waals surface area contributed by atoms with Crippen LogP contribution >= 0.6 is 0 Å². The van der Waals surface area contributed by atoms with Crippen molar-refractivity contribution in [2.75, 3.05) is 19.6 Å². The first kappa shape index (κ1) is 11.0. The Morgan fingerprint density at radius 2 is 1.85 bits per heavy atom. The summed E-state index contributed by atoms with van der Waals surface area (Å²) in [7, 11) is 0. The van der Waals surface area contributed by atoms with Crippen molar-refractivity contribution in [2.24, 2.45) is 5.92 Å². The molecule has 0 amide bonds. The van der Waals surface area contributed by atoms with E-state index in [1.54, 1.807) is 13.8 Å². The Bertz CT molecular complexity index is 143. The lowest BCUT2D eigenvalue weighted by molar-refractivity contribution is 0.0951. The number of piperidine rings is 1. The highest BCUT2D eigenvalue weighted by Crippen LogP contribution is 2.22. The molecule has 0 N–H and O–H groups in total.